The Morgan fingerprint density at radius 2 is 1.78 bits per heavy atom. The Kier molecular flexibility index (Phi) is 5.84. The monoisotopic (exact) mass is 406 g/mol. The molecule has 2 aromatic carbocycles. The highest BCUT2D eigenvalue weighted by molar-refractivity contribution is 7.89. The van der Waals surface area contributed by atoms with E-state index in [1.165, 1.54) is 16.4 Å². The Bertz CT molecular complexity index is 999. The number of ether oxygens (including phenoxy) is 1. The summed E-state index contributed by atoms with van der Waals surface area (Å²) in [5.74, 6) is 1.30. The van der Waals surface area contributed by atoms with Crippen LogP contribution in [0, 0.1) is 0 Å². The standard InChI is InChI=1S/C19H19ClN2O4S/c1-3-22(27(23,24)18-10-6-15(20)7-11-18)13-16-12-19(26-21-16)14-4-8-17(25-2)9-5-14/h4-12H,3,13H2,1-2H3. The van der Waals surface area contributed by atoms with Crippen LogP contribution in [0.5, 0.6) is 5.75 Å². The minimum absolute atomic E-state index is 0.112. The van der Waals surface area contributed by atoms with Crippen LogP contribution in [-0.4, -0.2) is 31.5 Å². The molecule has 1 aromatic heterocycles. The molecule has 0 fully saturated rings. The molecule has 0 radical (unpaired) electrons. The van der Waals surface area contributed by atoms with Crippen molar-refractivity contribution in [2.45, 2.75) is 18.4 Å². The molecule has 3 rings (SSSR count). The van der Waals surface area contributed by atoms with E-state index in [1.807, 2.05) is 24.3 Å². The summed E-state index contributed by atoms with van der Waals surface area (Å²) in [6.07, 6.45) is 0. The second-order valence-electron chi connectivity index (χ2n) is 5.80. The lowest BCUT2D eigenvalue weighted by atomic mass is 10.1. The summed E-state index contributed by atoms with van der Waals surface area (Å²) in [5, 5.41) is 4.49. The van der Waals surface area contributed by atoms with Crippen molar-refractivity contribution >= 4 is 21.6 Å². The summed E-state index contributed by atoms with van der Waals surface area (Å²) >= 11 is 5.85. The fourth-order valence-electron chi connectivity index (χ4n) is 2.58. The van der Waals surface area contributed by atoms with E-state index in [1.54, 1.807) is 32.2 Å². The predicted molar refractivity (Wildman–Crippen MR) is 103 cm³/mol. The molecule has 0 saturated heterocycles. The van der Waals surface area contributed by atoms with Crippen molar-refractivity contribution in [2.75, 3.05) is 13.7 Å². The van der Waals surface area contributed by atoms with Gasteiger partial charge in [0.15, 0.2) is 5.76 Å². The van der Waals surface area contributed by atoms with Gasteiger partial charge < -0.3 is 9.26 Å². The molecule has 27 heavy (non-hydrogen) atoms. The molecule has 6 nitrogen and oxygen atoms in total. The molecule has 0 aliphatic rings. The van der Waals surface area contributed by atoms with E-state index in [2.05, 4.69) is 5.16 Å². The first-order valence-corrected chi connectivity index (χ1v) is 10.1. The van der Waals surface area contributed by atoms with Crippen LogP contribution in [0.2, 0.25) is 5.02 Å². The number of aromatic nitrogens is 1. The third kappa shape index (κ3) is 4.32. The number of rotatable bonds is 7. The van der Waals surface area contributed by atoms with Gasteiger partial charge in [0.2, 0.25) is 10.0 Å². The van der Waals surface area contributed by atoms with Crippen molar-refractivity contribution in [1.29, 1.82) is 0 Å². The van der Waals surface area contributed by atoms with Gasteiger partial charge in [-0.1, -0.05) is 23.7 Å². The van der Waals surface area contributed by atoms with Gasteiger partial charge in [-0.3, -0.25) is 0 Å². The van der Waals surface area contributed by atoms with E-state index in [0.717, 1.165) is 11.3 Å². The lowest BCUT2D eigenvalue weighted by Gasteiger charge is -2.19. The molecule has 8 heteroatoms. The fraction of sp³-hybridized carbons (Fsp3) is 0.211. The number of benzene rings is 2. The van der Waals surface area contributed by atoms with Crippen LogP contribution in [-0.2, 0) is 16.6 Å². The van der Waals surface area contributed by atoms with Gasteiger partial charge in [0.05, 0.1) is 24.2 Å². The zero-order valence-corrected chi connectivity index (χ0v) is 16.5. The Morgan fingerprint density at radius 3 is 2.37 bits per heavy atom. The fourth-order valence-corrected chi connectivity index (χ4v) is 4.13. The molecule has 142 valence electrons. The van der Waals surface area contributed by atoms with Crippen LogP contribution < -0.4 is 4.74 Å². The Balaban J connectivity index is 1.80. The number of methoxy groups -OCH3 is 1. The zero-order chi connectivity index (χ0) is 19.4. The van der Waals surface area contributed by atoms with E-state index >= 15 is 0 Å². The molecule has 1 heterocycles. The van der Waals surface area contributed by atoms with Crippen molar-refractivity contribution in [1.82, 2.24) is 9.46 Å². The first-order valence-electron chi connectivity index (χ1n) is 8.29. The average molecular weight is 407 g/mol. The smallest absolute Gasteiger partial charge is 0.243 e. The van der Waals surface area contributed by atoms with E-state index in [9.17, 15) is 8.42 Å². The Hall–Kier alpha value is -2.35. The Labute approximate surface area is 163 Å². The van der Waals surface area contributed by atoms with Gasteiger partial charge in [-0.05, 0) is 48.5 Å². The third-order valence-electron chi connectivity index (χ3n) is 4.08. The lowest BCUT2D eigenvalue weighted by Crippen LogP contribution is -2.30. The molecule has 0 amide bonds. The molecule has 0 aliphatic heterocycles. The maximum atomic E-state index is 12.8. The van der Waals surface area contributed by atoms with Crippen molar-refractivity contribution in [2.24, 2.45) is 0 Å². The predicted octanol–water partition coefficient (Wildman–Crippen LogP) is 4.21. The van der Waals surface area contributed by atoms with Crippen molar-refractivity contribution < 1.29 is 17.7 Å². The summed E-state index contributed by atoms with van der Waals surface area (Å²) in [5.41, 5.74) is 1.36. The molecule has 0 atom stereocenters. The van der Waals surface area contributed by atoms with Crippen LogP contribution in [0.4, 0.5) is 0 Å². The molecular weight excluding hydrogens is 388 g/mol. The summed E-state index contributed by atoms with van der Waals surface area (Å²) in [7, 11) is -2.05. The number of halogens is 1. The maximum absolute atomic E-state index is 12.8. The van der Waals surface area contributed by atoms with Crippen molar-refractivity contribution in [3.05, 3.63) is 65.3 Å². The van der Waals surface area contributed by atoms with Crippen molar-refractivity contribution in [3.8, 4) is 17.1 Å². The third-order valence-corrected chi connectivity index (χ3v) is 6.26. The minimum Gasteiger partial charge on any atom is -0.497 e. The highest BCUT2D eigenvalue weighted by Crippen LogP contribution is 2.25. The lowest BCUT2D eigenvalue weighted by molar-refractivity contribution is 0.385. The zero-order valence-electron chi connectivity index (χ0n) is 14.9. The van der Waals surface area contributed by atoms with Crippen LogP contribution in [0.15, 0.2) is 64.0 Å². The molecule has 0 saturated carbocycles. The second-order valence-corrected chi connectivity index (χ2v) is 8.17. The highest BCUT2D eigenvalue weighted by atomic mass is 35.5. The normalized spacial score (nSPS) is 11.7. The van der Waals surface area contributed by atoms with E-state index in [-0.39, 0.29) is 11.4 Å². The second kappa shape index (κ2) is 8.12. The number of sulfonamides is 1. The first kappa shape index (κ1) is 19.4. The van der Waals surface area contributed by atoms with Crippen LogP contribution >= 0.6 is 11.6 Å². The molecular formula is C19H19ClN2O4S. The topological polar surface area (TPSA) is 72.6 Å². The van der Waals surface area contributed by atoms with Crippen LogP contribution in [0.25, 0.3) is 11.3 Å². The van der Waals surface area contributed by atoms with Gasteiger partial charge in [0, 0.05) is 23.2 Å². The number of nitrogens with zero attached hydrogens (tertiary/aromatic N) is 2. The summed E-state index contributed by atoms with van der Waals surface area (Å²) in [6.45, 7) is 2.19. The van der Waals surface area contributed by atoms with Crippen LogP contribution in [0.3, 0.4) is 0 Å². The largest absolute Gasteiger partial charge is 0.497 e. The van der Waals surface area contributed by atoms with Gasteiger partial charge in [0.25, 0.3) is 0 Å². The molecule has 0 spiro atoms. The molecule has 0 aliphatic carbocycles. The quantitative estimate of drug-likeness (QED) is 0.587. The summed E-state index contributed by atoms with van der Waals surface area (Å²) < 4.78 is 37.5. The number of hydrogen-bond acceptors (Lipinski definition) is 5. The molecule has 3 aromatic rings. The van der Waals surface area contributed by atoms with Gasteiger partial charge in [-0.25, -0.2) is 8.42 Å². The van der Waals surface area contributed by atoms with E-state index < -0.39 is 10.0 Å². The summed E-state index contributed by atoms with van der Waals surface area (Å²) in [4.78, 5) is 0.188. The minimum atomic E-state index is -3.65. The van der Waals surface area contributed by atoms with Gasteiger partial charge >= 0.3 is 0 Å². The van der Waals surface area contributed by atoms with Crippen molar-refractivity contribution in [3.63, 3.8) is 0 Å². The number of hydrogen-bond donors (Lipinski definition) is 0. The SMILES string of the molecule is CCN(Cc1cc(-c2ccc(OC)cc2)on1)S(=O)(=O)c1ccc(Cl)cc1. The van der Waals surface area contributed by atoms with Gasteiger partial charge in [-0.15, -0.1) is 0 Å². The van der Waals surface area contributed by atoms with E-state index in [4.69, 9.17) is 20.9 Å². The average Bonchev–Trinajstić information content (AvgIpc) is 3.15. The van der Waals surface area contributed by atoms with E-state index in [0.29, 0.717) is 23.0 Å². The highest BCUT2D eigenvalue weighted by Gasteiger charge is 2.24. The maximum Gasteiger partial charge on any atom is 0.243 e. The van der Waals surface area contributed by atoms with Gasteiger partial charge in [-0.2, -0.15) is 4.31 Å². The molecule has 0 bridgehead atoms. The molecule has 0 unspecified atom stereocenters. The molecule has 0 N–H and O–H groups in total. The van der Waals surface area contributed by atoms with Gasteiger partial charge in [0.1, 0.15) is 5.75 Å². The first-order chi connectivity index (χ1) is 12.9. The Morgan fingerprint density at radius 1 is 1.11 bits per heavy atom. The van der Waals surface area contributed by atoms with Crippen LogP contribution in [0.1, 0.15) is 12.6 Å². The summed E-state index contributed by atoms with van der Waals surface area (Å²) in [6, 6.07) is 15.2.